The van der Waals surface area contributed by atoms with E-state index in [9.17, 15) is 4.79 Å². The van der Waals surface area contributed by atoms with E-state index in [2.05, 4.69) is 25.7 Å². The van der Waals surface area contributed by atoms with Gasteiger partial charge in [-0.3, -0.25) is 10.1 Å². The van der Waals surface area contributed by atoms with Gasteiger partial charge in [0.2, 0.25) is 0 Å². The molecule has 3 N–H and O–H groups in total. The minimum Gasteiger partial charge on any atom is -0.444 e. The smallest absolute Gasteiger partial charge is 0.410 e. The summed E-state index contributed by atoms with van der Waals surface area (Å²) in [4.78, 5) is 17.9. The summed E-state index contributed by atoms with van der Waals surface area (Å²) in [7, 11) is 0. The summed E-state index contributed by atoms with van der Waals surface area (Å²) in [5, 5.41) is 12.4. The zero-order chi connectivity index (χ0) is 18.7. The molecular weight excluding hydrogens is 336 g/mol. The Morgan fingerprint density at radius 1 is 1.27 bits per heavy atom. The third kappa shape index (κ3) is 4.26. The Bertz CT molecular complexity index is 744. The first kappa shape index (κ1) is 18.1. The molecule has 1 saturated heterocycles. The summed E-state index contributed by atoms with van der Waals surface area (Å²) < 4.78 is 7.34. The van der Waals surface area contributed by atoms with Crippen LogP contribution in [0, 0.1) is 0 Å². The van der Waals surface area contributed by atoms with Gasteiger partial charge in [0.1, 0.15) is 11.3 Å². The highest BCUT2D eigenvalue weighted by atomic mass is 16.6. The second-order valence-corrected chi connectivity index (χ2v) is 7.22. The number of rotatable bonds is 3. The Labute approximate surface area is 151 Å². The molecule has 1 aliphatic rings. The van der Waals surface area contributed by atoms with Crippen LogP contribution in [0.3, 0.4) is 0 Å². The Hall–Kier alpha value is -2.75. The van der Waals surface area contributed by atoms with Crippen molar-refractivity contribution in [1.82, 2.24) is 29.9 Å². The van der Waals surface area contributed by atoms with Gasteiger partial charge in [0.15, 0.2) is 0 Å². The summed E-state index contributed by atoms with van der Waals surface area (Å²) in [5.74, 6) is 5.50. The van der Waals surface area contributed by atoms with E-state index < -0.39 is 5.60 Å². The van der Waals surface area contributed by atoms with Gasteiger partial charge in [0, 0.05) is 24.8 Å². The van der Waals surface area contributed by atoms with Crippen molar-refractivity contribution in [3.8, 4) is 11.3 Å². The summed E-state index contributed by atoms with van der Waals surface area (Å²) in [6.45, 7) is 6.91. The number of hydrogen-bond donors (Lipinski definition) is 2. The molecular formula is C16H24N8O2. The van der Waals surface area contributed by atoms with Gasteiger partial charge in [-0.1, -0.05) is 0 Å². The van der Waals surface area contributed by atoms with Gasteiger partial charge in [0.05, 0.1) is 18.4 Å². The van der Waals surface area contributed by atoms with Crippen molar-refractivity contribution in [2.45, 2.75) is 45.3 Å². The quantitative estimate of drug-likeness (QED) is 0.624. The van der Waals surface area contributed by atoms with Gasteiger partial charge < -0.3 is 9.64 Å². The molecule has 3 rings (SSSR count). The first-order valence-corrected chi connectivity index (χ1v) is 8.54. The Morgan fingerprint density at radius 2 is 2.00 bits per heavy atom. The van der Waals surface area contributed by atoms with E-state index in [1.165, 1.54) is 0 Å². The number of hydrogen-bond acceptors (Lipinski definition) is 8. The topological polar surface area (TPSA) is 124 Å². The second kappa shape index (κ2) is 7.24. The lowest BCUT2D eigenvalue weighted by molar-refractivity contribution is 0.0185. The first-order valence-electron chi connectivity index (χ1n) is 8.54. The van der Waals surface area contributed by atoms with E-state index in [4.69, 9.17) is 10.6 Å². The van der Waals surface area contributed by atoms with Crippen molar-refractivity contribution in [3.05, 3.63) is 18.6 Å². The number of nitrogens with two attached hydrogens (primary N) is 1. The number of anilines is 1. The molecule has 0 aromatic carbocycles. The van der Waals surface area contributed by atoms with E-state index in [-0.39, 0.29) is 18.1 Å². The van der Waals surface area contributed by atoms with E-state index in [0.717, 1.165) is 18.4 Å². The number of nitrogens with one attached hydrogen (secondary N) is 1. The van der Waals surface area contributed by atoms with Crippen LogP contribution in [0.4, 0.5) is 10.7 Å². The molecule has 1 aliphatic heterocycles. The average Bonchev–Trinajstić information content (AvgIpc) is 3.10. The molecule has 10 nitrogen and oxygen atoms in total. The lowest BCUT2D eigenvalue weighted by Crippen LogP contribution is -2.42. The molecule has 0 unspecified atom stereocenters. The second-order valence-electron chi connectivity index (χ2n) is 7.22. The summed E-state index contributed by atoms with van der Waals surface area (Å²) >= 11 is 0. The monoisotopic (exact) mass is 360 g/mol. The van der Waals surface area contributed by atoms with Crippen LogP contribution >= 0.6 is 0 Å². The molecule has 1 fully saturated rings. The first-order chi connectivity index (χ1) is 12.4. The predicted octanol–water partition coefficient (Wildman–Crippen LogP) is 1.59. The molecule has 2 aromatic heterocycles. The third-order valence-corrected chi connectivity index (χ3v) is 4.08. The van der Waals surface area contributed by atoms with Crippen molar-refractivity contribution in [2.75, 3.05) is 18.5 Å². The number of carbonyl (C=O) groups is 1. The van der Waals surface area contributed by atoms with Crippen LogP contribution < -0.4 is 11.3 Å². The zero-order valence-corrected chi connectivity index (χ0v) is 15.2. The highest BCUT2D eigenvalue weighted by Crippen LogP contribution is 2.25. The van der Waals surface area contributed by atoms with Crippen molar-refractivity contribution >= 4 is 12.0 Å². The molecule has 0 atom stereocenters. The lowest BCUT2D eigenvalue weighted by Gasteiger charge is -2.33. The maximum Gasteiger partial charge on any atom is 0.410 e. The largest absolute Gasteiger partial charge is 0.444 e. The number of amides is 1. The van der Waals surface area contributed by atoms with Gasteiger partial charge in [-0.05, 0) is 33.6 Å². The Balaban J connectivity index is 1.60. The fraction of sp³-hybridized carbons (Fsp3) is 0.562. The Morgan fingerprint density at radius 3 is 2.58 bits per heavy atom. The number of carbonyl (C=O) groups excluding carboxylic acids is 1. The lowest BCUT2D eigenvalue weighted by atomic mass is 10.1. The van der Waals surface area contributed by atoms with Crippen LogP contribution in [0.15, 0.2) is 18.6 Å². The van der Waals surface area contributed by atoms with Gasteiger partial charge in [0.25, 0.3) is 5.95 Å². The molecule has 140 valence electrons. The van der Waals surface area contributed by atoms with Crippen LogP contribution in [0.1, 0.15) is 39.7 Å². The summed E-state index contributed by atoms with van der Waals surface area (Å²) in [6, 6.07) is 0.230. The van der Waals surface area contributed by atoms with Crippen molar-refractivity contribution in [2.24, 2.45) is 5.84 Å². The van der Waals surface area contributed by atoms with E-state index in [1.54, 1.807) is 17.3 Å². The van der Waals surface area contributed by atoms with E-state index in [0.29, 0.717) is 18.8 Å². The van der Waals surface area contributed by atoms with Crippen LogP contribution in [0.2, 0.25) is 0 Å². The third-order valence-electron chi connectivity index (χ3n) is 4.08. The number of likely N-dealkylation sites (tertiary alicyclic amines) is 1. The highest BCUT2D eigenvalue weighted by molar-refractivity contribution is 5.68. The number of ether oxygens (including phenoxy) is 1. The minimum atomic E-state index is -0.477. The SMILES string of the molecule is CC(C)(C)OC(=O)N1CCC(n2cc(-c3cnc(NN)nn3)cn2)CC1. The van der Waals surface area contributed by atoms with Crippen molar-refractivity contribution in [3.63, 3.8) is 0 Å². The maximum atomic E-state index is 12.1. The van der Waals surface area contributed by atoms with Crippen LogP contribution in [-0.4, -0.2) is 54.6 Å². The maximum absolute atomic E-state index is 12.1. The fourth-order valence-electron chi connectivity index (χ4n) is 2.78. The van der Waals surface area contributed by atoms with Crippen LogP contribution in [0.5, 0.6) is 0 Å². The number of nitrogen functional groups attached to an aromatic ring is 1. The molecule has 10 heteroatoms. The molecule has 0 radical (unpaired) electrons. The standard InChI is InChI=1S/C16H24N8O2/c1-16(2,3)26-15(25)23-6-4-12(5-7-23)24-10-11(8-19-24)13-9-18-14(20-17)22-21-13/h8-10,12H,4-7,17H2,1-3H3,(H,18,20,22). The molecule has 0 saturated carbocycles. The van der Waals surface area contributed by atoms with Gasteiger partial charge in [-0.15, -0.1) is 10.2 Å². The number of hydrazine groups is 1. The van der Waals surface area contributed by atoms with Crippen LogP contribution in [-0.2, 0) is 4.74 Å². The summed E-state index contributed by atoms with van der Waals surface area (Å²) in [5.41, 5.74) is 3.33. The van der Waals surface area contributed by atoms with Crippen molar-refractivity contribution < 1.29 is 9.53 Å². The highest BCUT2D eigenvalue weighted by Gasteiger charge is 2.27. The van der Waals surface area contributed by atoms with E-state index in [1.807, 2.05) is 31.6 Å². The minimum absolute atomic E-state index is 0.230. The van der Waals surface area contributed by atoms with Gasteiger partial charge >= 0.3 is 6.09 Å². The molecule has 1 amide bonds. The Kier molecular flexibility index (Phi) is 5.03. The normalized spacial score (nSPS) is 15.8. The summed E-state index contributed by atoms with van der Waals surface area (Å²) in [6.07, 6.45) is 6.64. The number of aromatic nitrogens is 5. The van der Waals surface area contributed by atoms with Crippen LogP contribution in [0.25, 0.3) is 11.3 Å². The average molecular weight is 360 g/mol. The zero-order valence-electron chi connectivity index (χ0n) is 15.2. The molecule has 0 spiro atoms. The number of piperidine rings is 1. The molecule has 2 aromatic rings. The fourth-order valence-corrected chi connectivity index (χ4v) is 2.78. The molecule has 26 heavy (non-hydrogen) atoms. The number of nitrogens with zero attached hydrogens (tertiary/aromatic N) is 6. The molecule has 0 aliphatic carbocycles. The van der Waals surface area contributed by atoms with Crippen molar-refractivity contribution in [1.29, 1.82) is 0 Å². The molecule has 3 heterocycles. The predicted molar refractivity (Wildman–Crippen MR) is 94.9 cm³/mol. The van der Waals surface area contributed by atoms with Gasteiger partial charge in [-0.2, -0.15) is 5.10 Å². The molecule has 0 bridgehead atoms. The van der Waals surface area contributed by atoms with Gasteiger partial charge in [-0.25, -0.2) is 15.6 Å². The van der Waals surface area contributed by atoms with E-state index >= 15 is 0 Å².